The first-order chi connectivity index (χ1) is 14.0. The largest absolute Gasteiger partial charge is 0.421 e. The highest BCUT2D eigenvalue weighted by Gasteiger charge is 2.19. The highest BCUT2D eigenvalue weighted by atomic mass is 19.1. The van der Waals surface area contributed by atoms with Crippen LogP contribution in [0.2, 0.25) is 0 Å². The van der Waals surface area contributed by atoms with Gasteiger partial charge in [0, 0.05) is 30.6 Å². The lowest BCUT2D eigenvalue weighted by atomic mass is 10.0. The van der Waals surface area contributed by atoms with Crippen LogP contribution in [0.5, 0.6) is 11.8 Å². The summed E-state index contributed by atoms with van der Waals surface area (Å²) in [6, 6.07) is 10.1. The smallest absolute Gasteiger partial charge is 0.322 e. The van der Waals surface area contributed by atoms with Gasteiger partial charge < -0.3 is 9.30 Å². The second kappa shape index (κ2) is 8.15. The minimum absolute atomic E-state index is 0.0903. The Labute approximate surface area is 169 Å². The van der Waals surface area contributed by atoms with Crippen molar-refractivity contribution in [3.05, 3.63) is 70.0 Å². The van der Waals surface area contributed by atoms with Gasteiger partial charge in [-0.15, -0.1) is 0 Å². The zero-order chi connectivity index (χ0) is 20.4. The van der Waals surface area contributed by atoms with Crippen LogP contribution in [0.1, 0.15) is 36.9 Å². The molecule has 1 aliphatic rings. The molecule has 2 heterocycles. The number of ether oxygens (including phenoxy) is 1. The van der Waals surface area contributed by atoms with Crippen LogP contribution in [0.3, 0.4) is 0 Å². The third-order valence-electron chi connectivity index (χ3n) is 5.47. The molecule has 1 saturated carbocycles. The monoisotopic (exact) mass is 393 g/mol. The zero-order valence-corrected chi connectivity index (χ0v) is 16.7. The molecular weight excluding hydrogens is 369 g/mol. The molecular formula is C23H24FN3O2. The minimum Gasteiger partial charge on any atom is -0.421 e. The third kappa shape index (κ3) is 4.36. The fourth-order valence-corrected chi connectivity index (χ4v) is 3.86. The second-order valence-electron chi connectivity index (χ2n) is 7.74. The van der Waals surface area contributed by atoms with Gasteiger partial charge in [-0.3, -0.25) is 4.79 Å². The second-order valence-corrected chi connectivity index (χ2v) is 7.74. The quantitative estimate of drug-likeness (QED) is 0.624. The Balaban J connectivity index is 1.74. The van der Waals surface area contributed by atoms with Crippen molar-refractivity contribution in [2.24, 2.45) is 13.0 Å². The molecule has 5 nitrogen and oxygen atoms in total. The van der Waals surface area contributed by atoms with E-state index in [9.17, 15) is 9.18 Å². The van der Waals surface area contributed by atoms with Gasteiger partial charge in [0.05, 0.1) is 5.69 Å². The van der Waals surface area contributed by atoms with Crippen LogP contribution in [0, 0.1) is 18.7 Å². The molecule has 29 heavy (non-hydrogen) atoms. The van der Waals surface area contributed by atoms with Crippen molar-refractivity contribution in [2.45, 2.75) is 39.0 Å². The Morgan fingerprint density at radius 2 is 1.97 bits per heavy atom. The van der Waals surface area contributed by atoms with Gasteiger partial charge in [0.15, 0.2) is 11.6 Å². The van der Waals surface area contributed by atoms with Gasteiger partial charge in [-0.05, 0) is 43.0 Å². The SMILES string of the molecule is Cc1cccc(F)c1Oc1nc(CC2CCCC2)cc(-c2ccc(=O)n(C)c2)n1. The van der Waals surface area contributed by atoms with Crippen molar-refractivity contribution < 1.29 is 9.13 Å². The molecule has 0 aliphatic heterocycles. The molecule has 3 aromatic rings. The Morgan fingerprint density at radius 1 is 1.17 bits per heavy atom. The molecule has 0 bridgehead atoms. The number of hydrogen-bond donors (Lipinski definition) is 0. The third-order valence-corrected chi connectivity index (χ3v) is 5.47. The van der Waals surface area contributed by atoms with Crippen LogP contribution < -0.4 is 10.3 Å². The standard InChI is InChI=1S/C23H24FN3O2/c1-15-6-5-9-19(24)22(15)29-23-25-18(12-16-7-3-4-8-16)13-20(26-23)17-10-11-21(28)27(2)14-17/h5-6,9-11,13-14,16H,3-4,7-8,12H2,1-2H3. The Kier molecular flexibility index (Phi) is 5.43. The first-order valence-electron chi connectivity index (χ1n) is 9.97. The highest BCUT2D eigenvalue weighted by molar-refractivity contribution is 5.58. The number of aryl methyl sites for hydroxylation is 2. The summed E-state index contributed by atoms with van der Waals surface area (Å²) >= 11 is 0. The van der Waals surface area contributed by atoms with Crippen molar-refractivity contribution in [2.75, 3.05) is 0 Å². The molecule has 150 valence electrons. The van der Waals surface area contributed by atoms with Crippen molar-refractivity contribution in [3.63, 3.8) is 0 Å². The zero-order valence-electron chi connectivity index (χ0n) is 16.7. The van der Waals surface area contributed by atoms with Gasteiger partial charge in [0.1, 0.15) is 0 Å². The van der Waals surface area contributed by atoms with Crippen LogP contribution in [-0.2, 0) is 13.5 Å². The van der Waals surface area contributed by atoms with E-state index in [-0.39, 0.29) is 17.3 Å². The van der Waals surface area contributed by atoms with Crippen LogP contribution in [0.25, 0.3) is 11.3 Å². The molecule has 0 radical (unpaired) electrons. The van der Waals surface area contributed by atoms with E-state index in [1.165, 1.54) is 42.4 Å². The van der Waals surface area contributed by atoms with E-state index in [4.69, 9.17) is 4.74 Å². The van der Waals surface area contributed by atoms with Crippen LogP contribution in [0.15, 0.2) is 47.4 Å². The normalized spacial score (nSPS) is 14.3. The topological polar surface area (TPSA) is 57.0 Å². The average Bonchev–Trinajstić information content (AvgIpc) is 3.20. The van der Waals surface area contributed by atoms with Crippen LogP contribution in [0.4, 0.5) is 4.39 Å². The number of hydrogen-bond acceptors (Lipinski definition) is 4. The van der Waals surface area contributed by atoms with E-state index < -0.39 is 5.82 Å². The fraction of sp³-hybridized carbons (Fsp3) is 0.348. The first-order valence-corrected chi connectivity index (χ1v) is 9.97. The molecule has 1 aliphatic carbocycles. The molecule has 6 heteroatoms. The summed E-state index contributed by atoms with van der Waals surface area (Å²) in [4.78, 5) is 20.8. The summed E-state index contributed by atoms with van der Waals surface area (Å²) in [5.41, 5.74) is 2.91. The molecule has 0 amide bonds. The number of aromatic nitrogens is 3. The molecule has 0 N–H and O–H groups in total. The highest BCUT2D eigenvalue weighted by Crippen LogP contribution is 2.31. The summed E-state index contributed by atoms with van der Waals surface area (Å²) in [5, 5.41) is 0. The van der Waals surface area contributed by atoms with Gasteiger partial charge >= 0.3 is 6.01 Å². The van der Waals surface area contributed by atoms with E-state index in [2.05, 4.69) is 9.97 Å². The predicted molar refractivity (Wildman–Crippen MR) is 110 cm³/mol. The lowest BCUT2D eigenvalue weighted by molar-refractivity contribution is 0.404. The molecule has 2 aromatic heterocycles. The molecule has 0 spiro atoms. The maximum atomic E-state index is 14.3. The molecule has 1 aromatic carbocycles. The van der Waals surface area contributed by atoms with Crippen molar-refractivity contribution in [1.82, 2.24) is 14.5 Å². The lowest BCUT2D eigenvalue weighted by Gasteiger charge is -2.13. The Morgan fingerprint density at radius 3 is 2.69 bits per heavy atom. The van der Waals surface area contributed by atoms with Gasteiger partial charge in [-0.2, -0.15) is 9.97 Å². The summed E-state index contributed by atoms with van der Waals surface area (Å²) < 4.78 is 21.6. The molecule has 0 unspecified atom stereocenters. The summed E-state index contributed by atoms with van der Waals surface area (Å²) in [5.74, 6) is 0.288. The number of halogens is 1. The van der Waals surface area contributed by atoms with E-state index in [0.717, 1.165) is 17.7 Å². The van der Waals surface area contributed by atoms with Crippen molar-refractivity contribution in [1.29, 1.82) is 0 Å². The van der Waals surface area contributed by atoms with Crippen molar-refractivity contribution in [3.8, 4) is 23.0 Å². The maximum absolute atomic E-state index is 14.3. The molecule has 4 rings (SSSR count). The maximum Gasteiger partial charge on any atom is 0.322 e. The number of pyridine rings is 1. The Bertz CT molecular complexity index is 1070. The summed E-state index contributed by atoms with van der Waals surface area (Å²) in [6.07, 6.45) is 7.47. The van der Waals surface area contributed by atoms with Crippen molar-refractivity contribution >= 4 is 0 Å². The number of para-hydroxylation sites is 1. The van der Waals surface area contributed by atoms with E-state index >= 15 is 0 Å². The number of rotatable bonds is 5. The van der Waals surface area contributed by atoms with Gasteiger partial charge in [0.2, 0.25) is 5.56 Å². The van der Waals surface area contributed by atoms with Gasteiger partial charge in [-0.1, -0.05) is 37.8 Å². The fourth-order valence-electron chi connectivity index (χ4n) is 3.86. The number of benzene rings is 1. The van der Waals surface area contributed by atoms with E-state index in [1.54, 1.807) is 38.4 Å². The molecule has 1 fully saturated rings. The molecule has 0 atom stereocenters. The number of nitrogens with zero attached hydrogens (tertiary/aromatic N) is 3. The summed E-state index contributed by atoms with van der Waals surface area (Å²) in [7, 11) is 1.70. The van der Waals surface area contributed by atoms with Crippen LogP contribution in [-0.4, -0.2) is 14.5 Å². The predicted octanol–water partition coefficient (Wildman–Crippen LogP) is 4.81. The van der Waals surface area contributed by atoms with Gasteiger partial charge in [0.25, 0.3) is 0 Å². The van der Waals surface area contributed by atoms with Gasteiger partial charge in [-0.25, -0.2) is 4.39 Å². The van der Waals surface area contributed by atoms with E-state index in [0.29, 0.717) is 17.2 Å². The average molecular weight is 393 g/mol. The van der Waals surface area contributed by atoms with E-state index in [1.807, 2.05) is 6.07 Å². The first kappa shape index (κ1) is 19.3. The minimum atomic E-state index is -0.446. The lowest BCUT2D eigenvalue weighted by Crippen LogP contribution is -2.14. The summed E-state index contributed by atoms with van der Waals surface area (Å²) in [6.45, 7) is 1.79. The van der Waals surface area contributed by atoms with Crippen LogP contribution >= 0.6 is 0 Å². The Hall–Kier alpha value is -3.02. The molecule has 0 saturated heterocycles.